The molecular formula is C9H10BrClN2. The number of aryl methyl sites for hydroxylation is 1. The van der Waals surface area contributed by atoms with Crippen LogP contribution in [0.2, 0.25) is 0 Å². The Morgan fingerprint density at radius 3 is 2.92 bits per heavy atom. The molecule has 0 unspecified atom stereocenters. The van der Waals surface area contributed by atoms with Gasteiger partial charge in [0.2, 0.25) is 0 Å². The maximum atomic E-state index is 5.60. The molecule has 0 atom stereocenters. The molecule has 0 radical (unpaired) electrons. The zero-order valence-corrected chi connectivity index (χ0v) is 9.61. The van der Waals surface area contributed by atoms with Crippen molar-refractivity contribution in [3.63, 3.8) is 0 Å². The van der Waals surface area contributed by atoms with Crippen LogP contribution in [0.25, 0.3) is 0 Å². The maximum Gasteiger partial charge on any atom is 0.126 e. The molecule has 0 aliphatic carbocycles. The van der Waals surface area contributed by atoms with Gasteiger partial charge in [-0.25, -0.2) is 4.98 Å². The maximum absolute atomic E-state index is 5.60. The Bertz CT molecular complexity index is 325. The van der Waals surface area contributed by atoms with E-state index in [4.69, 9.17) is 11.6 Å². The Morgan fingerprint density at radius 2 is 2.38 bits per heavy atom. The van der Waals surface area contributed by atoms with Crippen LogP contribution >= 0.6 is 27.5 Å². The molecule has 0 bridgehead atoms. The Morgan fingerprint density at radius 1 is 1.69 bits per heavy atom. The summed E-state index contributed by atoms with van der Waals surface area (Å²) in [7, 11) is 0. The molecule has 0 saturated heterocycles. The Hall–Kier alpha value is -0.540. The molecule has 1 rings (SSSR count). The quantitative estimate of drug-likeness (QED) is 0.903. The van der Waals surface area contributed by atoms with Gasteiger partial charge < -0.3 is 5.32 Å². The van der Waals surface area contributed by atoms with Crippen LogP contribution in [0.15, 0.2) is 28.2 Å². The summed E-state index contributed by atoms with van der Waals surface area (Å²) in [5, 5.41) is 3.62. The highest BCUT2D eigenvalue weighted by atomic mass is 79.9. The lowest BCUT2D eigenvalue weighted by molar-refractivity contribution is 1.14. The summed E-state index contributed by atoms with van der Waals surface area (Å²) in [6.07, 6.45) is 0. The van der Waals surface area contributed by atoms with Gasteiger partial charge in [-0.15, -0.1) is 0 Å². The fraction of sp³-hybridized carbons (Fsp3) is 0.222. The second kappa shape index (κ2) is 4.63. The van der Waals surface area contributed by atoms with E-state index in [1.807, 2.05) is 19.1 Å². The molecule has 0 aliphatic rings. The molecule has 1 heterocycles. The zero-order chi connectivity index (χ0) is 9.84. The Kier molecular flexibility index (Phi) is 3.75. The number of pyridine rings is 1. The summed E-state index contributed by atoms with van der Waals surface area (Å²) in [5.74, 6) is 0.808. The van der Waals surface area contributed by atoms with Crippen LogP contribution in [0.5, 0.6) is 0 Å². The molecule has 1 aromatic heterocycles. The number of nitrogens with zero attached hydrogens (tertiary/aromatic N) is 1. The van der Waals surface area contributed by atoms with E-state index in [2.05, 4.69) is 32.8 Å². The SMILES string of the molecule is C=C(Cl)CNc1ccc(Br)c(C)n1. The van der Waals surface area contributed by atoms with Crippen LogP contribution in [0, 0.1) is 6.92 Å². The summed E-state index contributed by atoms with van der Waals surface area (Å²) < 4.78 is 1.00. The highest BCUT2D eigenvalue weighted by molar-refractivity contribution is 9.10. The average molecular weight is 262 g/mol. The number of rotatable bonds is 3. The predicted molar refractivity (Wildman–Crippen MR) is 60.2 cm³/mol. The van der Waals surface area contributed by atoms with Gasteiger partial charge >= 0.3 is 0 Å². The smallest absolute Gasteiger partial charge is 0.126 e. The third kappa shape index (κ3) is 3.36. The molecule has 0 spiro atoms. The van der Waals surface area contributed by atoms with E-state index >= 15 is 0 Å². The van der Waals surface area contributed by atoms with E-state index in [9.17, 15) is 0 Å². The van der Waals surface area contributed by atoms with E-state index in [1.165, 1.54) is 0 Å². The number of hydrogen-bond acceptors (Lipinski definition) is 2. The summed E-state index contributed by atoms with van der Waals surface area (Å²) in [5.41, 5.74) is 0.949. The van der Waals surface area contributed by atoms with Crippen molar-refractivity contribution in [1.29, 1.82) is 0 Å². The molecule has 0 aliphatic heterocycles. The fourth-order valence-electron chi connectivity index (χ4n) is 0.829. The number of aromatic nitrogens is 1. The van der Waals surface area contributed by atoms with Crippen molar-refractivity contribution >= 4 is 33.3 Å². The summed E-state index contributed by atoms with van der Waals surface area (Å²) in [6, 6.07) is 3.83. The highest BCUT2D eigenvalue weighted by Gasteiger charge is 1.98. The largest absolute Gasteiger partial charge is 0.365 e. The molecule has 0 amide bonds. The second-order valence-electron chi connectivity index (χ2n) is 2.63. The van der Waals surface area contributed by atoms with Crippen molar-refractivity contribution in [2.75, 3.05) is 11.9 Å². The van der Waals surface area contributed by atoms with Crippen molar-refractivity contribution in [3.8, 4) is 0 Å². The minimum Gasteiger partial charge on any atom is -0.365 e. The van der Waals surface area contributed by atoms with Crippen LogP contribution in [0.3, 0.4) is 0 Å². The fourth-order valence-corrected chi connectivity index (χ4v) is 1.12. The van der Waals surface area contributed by atoms with Gasteiger partial charge in [-0.1, -0.05) is 18.2 Å². The Balaban J connectivity index is 2.68. The standard InChI is InChI=1S/C9H10BrClN2/c1-6(11)5-12-9-4-3-8(10)7(2)13-9/h3-4H,1,5H2,2H3,(H,12,13). The van der Waals surface area contributed by atoms with E-state index in [1.54, 1.807) is 0 Å². The first-order valence-electron chi connectivity index (χ1n) is 3.80. The summed E-state index contributed by atoms with van der Waals surface area (Å²) in [4.78, 5) is 4.29. The summed E-state index contributed by atoms with van der Waals surface area (Å²) >= 11 is 8.98. The topological polar surface area (TPSA) is 24.9 Å². The van der Waals surface area contributed by atoms with Crippen molar-refractivity contribution in [2.45, 2.75) is 6.92 Å². The second-order valence-corrected chi connectivity index (χ2v) is 4.02. The molecular weight excluding hydrogens is 251 g/mol. The van der Waals surface area contributed by atoms with Gasteiger partial charge in [-0.3, -0.25) is 0 Å². The normalized spacial score (nSPS) is 9.77. The first-order valence-corrected chi connectivity index (χ1v) is 4.97. The van der Waals surface area contributed by atoms with E-state index < -0.39 is 0 Å². The first kappa shape index (κ1) is 10.5. The van der Waals surface area contributed by atoms with Crippen LogP contribution in [0.4, 0.5) is 5.82 Å². The molecule has 4 heteroatoms. The lowest BCUT2D eigenvalue weighted by atomic mass is 10.4. The average Bonchev–Trinajstić information content (AvgIpc) is 2.07. The number of halogens is 2. The predicted octanol–water partition coefficient (Wildman–Crippen LogP) is 3.32. The summed E-state index contributed by atoms with van der Waals surface area (Å²) in [6.45, 7) is 6.05. The third-order valence-electron chi connectivity index (χ3n) is 1.48. The van der Waals surface area contributed by atoms with Crippen molar-refractivity contribution in [2.24, 2.45) is 0 Å². The molecule has 0 aromatic carbocycles. The molecule has 70 valence electrons. The zero-order valence-electron chi connectivity index (χ0n) is 7.27. The van der Waals surface area contributed by atoms with Crippen LogP contribution in [-0.2, 0) is 0 Å². The molecule has 13 heavy (non-hydrogen) atoms. The molecule has 2 nitrogen and oxygen atoms in total. The van der Waals surface area contributed by atoms with Crippen molar-refractivity contribution in [1.82, 2.24) is 4.98 Å². The van der Waals surface area contributed by atoms with Gasteiger partial charge in [-0.2, -0.15) is 0 Å². The molecule has 0 saturated carbocycles. The van der Waals surface area contributed by atoms with E-state index in [-0.39, 0.29) is 0 Å². The van der Waals surface area contributed by atoms with Crippen LogP contribution in [-0.4, -0.2) is 11.5 Å². The molecule has 1 N–H and O–H groups in total. The number of anilines is 1. The van der Waals surface area contributed by atoms with Gasteiger partial charge in [-0.05, 0) is 35.0 Å². The highest BCUT2D eigenvalue weighted by Crippen LogP contribution is 2.16. The van der Waals surface area contributed by atoms with Gasteiger partial charge in [0.15, 0.2) is 0 Å². The third-order valence-corrected chi connectivity index (χ3v) is 2.45. The molecule has 1 aromatic rings. The molecule has 0 fully saturated rings. The monoisotopic (exact) mass is 260 g/mol. The van der Waals surface area contributed by atoms with Crippen LogP contribution in [0.1, 0.15) is 5.69 Å². The van der Waals surface area contributed by atoms with Gasteiger partial charge in [0.25, 0.3) is 0 Å². The first-order chi connectivity index (χ1) is 6.09. The van der Waals surface area contributed by atoms with Gasteiger partial charge in [0, 0.05) is 9.51 Å². The number of nitrogens with one attached hydrogen (secondary N) is 1. The van der Waals surface area contributed by atoms with E-state index in [0.29, 0.717) is 11.6 Å². The van der Waals surface area contributed by atoms with Crippen LogP contribution < -0.4 is 5.32 Å². The number of hydrogen-bond donors (Lipinski definition) is 1. The van der Waals surface area contributed by atoms with Gasteiger partial charge in [0.05, 0.1) is 12.2 Å². The van der Waals surface area contributed by atoms with Crippen molar-refractivity contribution < 1.29 is 0 Å². The minimum atomic E-state index is 0.537. The lowest BCUT2D eigenvalue weighted by Gasteiger charge is -2.05. The van der Waals surface area contributed by atoms with Gasteiger partial charge in [0.1, 0.15) is 5.82 Å². The van der Waals surface area contributed by atoms with Crippen molar-refractivity contribution in [3.05, 3.63) is 33.9 Å². The van der Waals surface area contributed by atoms with E-state index in [0.717, 1.165) is 16.0 Å². The minimum absolute atomic E-state index is 0.537. The lowest BCUT2D eigenvalue weighted by Crippen LogP contribution is -2.03. The Labute approximate surface area is 91.1 Å².